The van der Waals surface area contributed by atoms with Gasteiger partial charge in [0.1, 0.15) is 12.1 Å². The van der Waals surface area contributed by atoms with Gasteiger partial charge in [-0.15, -0.1) is 0 Å². The molecule has 2 aromatic rings. The van der Waals surface area contributed by atoms with Crippen LogP contribution in [-0.4, -0.2) is 31.7 Å². The van der Waals surface area contributed by atoms with Gasteiger partial charge in [-0.2, -0.15) is 5.10 Å². The molecule has 0 aromatic carbocycles. The number of H-pyrrole nitrogens is 1. The molecule has 0 saturated carbocycles. The minimum Gasteiger partial charge on any atom is -0.369 e. The summed E-state index contributed by atoms with van der Waals surface area (Å²) in [6.07, 6.45) is 2.33. The van der Waals surface area contributed by atoms with E-state index >= 15 is 0 Å². The van der Waals surface area contributed by atoms with Gasteiger partial charge in [-0.3, -0.25) is 5.10 Å². The molecule has 19 heavy (non-hydrogen) atoms. The molecule has 7 heteroatoms. The number of hydrogen-bond acceptors (Lipinski definition) is 5. The van der Waals surface area contributed by atoms with Crippen LogP contribution in [-0.2, 0) is 6.42 Å². The second-order valence-electron chi connectivity index (χ2n) is 4.62. The Morgan fingerprint density at radius 3 is 2.74 bits per heavy atom. The number of aromatic nitrogens is 5. The number of aromatic amines is 1. The van der Waals surface area contributed by atoms with Crippen LogP contribution < -0.4 is 5.32 Å². The van der Waals surface area contributed by atoms with Crippen LogP contribution in [0.1, 0.15) is 26.5 Å². The molecule has 0 aliphatic rings. The Hall–Kier alpha value is -1.50. The summed E-state index contributed by atoms with van der Waals surface area (Å²) in [5, 5.41) is 9.86. The molecule has 6 nitrogen and oxygen atoms in total. The number of hydrogen-bond donors (Lipinski definition) is 2. The second-order valence-corrected chi connectivity index (χ2v) is 5.41. The maximum Gasteiger partial charge on any atom is 0.199 e. The van der Waals surface area contributed by atoms with Crippen molar-refractivity contribution in [3.8, 4) is 11.6 Å². The van der Waals surface area contributed by atoms with Crippen LogP contribution in [0.25, 0.3) is 11.6 Å². The molecule has 0 amide bonds. The highest BCUT2D eigenvalue weighted by Crippen LogP contribution is 2.27. The Morgan fingerprint density at radius 2 is 2.16 bits per heavy atom. The maximum atomic E-state index is 4.57. The van der Waals surface area contributed by atoms with Gasteiger partial charge in [-0.25, -0.2) is 15.0 Å². The third-order valence-corrected chi connectivity index (χ3v) is 3.33. The summed E-state index contributed by atoms with van der Waals surface area (Å²) >= 11 is 3.57. The zero-order chi connectivity index (χ0) is 13.8. The molecule has 2 rings (SSSR count). The van der Waals surface area contributed by atoms with Crippen molar-refractivity contribution in [3.05, 3.63) is 16.5 Å². The molecule has 2 heterocycles. The maximum absolute atomic E-state index is 4.57. The molecule has 0 saturated heterocycles. The minimum atomic E-state index is 0.517. The lowest BCUT2D eigenvalue weighted by atomic mass is 10.1. The average molecular weight is 325 g/mol. The molecule has 0 aliphatic heterocycles. The largest absolute Gasteiger partial charge is 0.369 e. The first-order valence-electron chi connectivity index (χ1n) is 6.27. The van der Waals surface area contributed by atoms with Gasteiger partial charge >= 0.3 is 0 Å². The van der Waals surface area contributed by atoms with Crippen molar-refractivity contribution in [2.75, 3.05) is 11.9 Å². The molecular weight excluding hydrogens is 308 g/mol. The zero-order valence-corrected chi connectivity index (χ0v) is 12.8. The van der Waals surface area contributed by atoms with Gasteiger partial charge in [0, 0.05) is 6.54 Å². The van der Waals surface area contributed by atoms with E-state index in [4.69, 9.17) is 0 Å². The fourth-order valence-electron chi connectivity index (χ4n) is 1.72. The predicted octanol–water partition coefficient (Wildman–Crippen LogP) is 2.65. The van der Waals surface area contributed by atoms with E-state index in [1.54, 1.807) is 0 Å². The van der Waals surface area contributed by atoms with Crippen LogP contribution in [0.4, 0.5) is 5.82 Å². The highest BCUT2D eigenvalue weighted by molar-refractivity contribution is 9.10. The van der Waals surface area contributed by atoms with Crippen molar-refractivity contribution in [3.63, 3.8) is 0 Å². The van der Waals surface area contributed by atoms with Gasteiger partial charge in [0.25, 0.3) is 0 Å². The van der Waals surface area contributed by atoms with Crippen molar-refractivity contribution >= 4 is 21.7 Å². The van der Waals surface area contributed by atoms with Crippen LogP contribution in [0.15, 0.2) is 10.8 Å². The van der Waals surface area contributed by atoms with Gasteiger partial charge in [-0.05, 0) is 35.2 Å². The van der Waals surface area contributed by atoms with Crippen molar-refractivity contribution in [1.29, 1.82) is 0 Å². The van der Waals surface area contributed by atoms with Crippen LogP contribution in [0, 0.1) is 5.92 Å². The van der Waals surface area contributed by atoms with Crippen LogP contribution in [0.5, 0.6) is 0 Å². The molecule has 0 bridgehead atoms. The normalized spacial score (nSPS) is 11.0. The molecule has 2 aromatic heterocycles. The van der Waals surface area contributed by atoms with E-state index < -0.39 is 0 Å². The summed E-state index contributed by atoms with van der Waals surface area (Å²) in [5.74, 6) is 2.45. The molecule has 0 fully saturated rings. The molecule has 102 valence electrons. The van der Waals surface area contributed by atoms with Crippen molar-refractivity contribution in [2.24, 2.45) is 5.92 Å². The minimum absolute atomic E-state index is 0.517. The lowest BCUT2D eigenvalue weighted by Crippen LogP contribution is -2.08. The Labute approximate surface area is 120 Å². The van der Waals surface area contributed by atoms with Gasteiger partial charge in [-0.1, -0.05) is 13.8 Å². The molecule has 0 aliphatic carbocycles. The van der Waals surface area contributed by atoms with E-state index in [1.807, 2.05) is 6.92 Å². The van der Waals surface area contributed by atoms with E-state index in [-0.39, 0.29) is 0 Å². The van der Waals surface area contributed by atoms with Crippen LogP contribution in [0.2, 0.25) is 0 Å². The lowest BCUT2D eigenvalue weighted by molar-refractivity contribution is 0.632. The van der Waals surface area contributed by atoms with E-state index in [9.17, 15) is 0 Å². The van der Waals surface area contributed by atoms with E-state index in [1.165, 1.54) is 6.33 Å². The van der Waals surface area contributed by atoms with Crippen LogP contribution in [0.3, 0.4) is 0 Å². The Morgan fingerprint density at radius 1 is 1.37 bits per heavy atom. The third-order valence-electron chi connectivity index (χ3n) is 2.49. The first kappa shape index (κ1) is 13.9. The molecular formula is C12H17BrN6. The van der Waals surface area contributed by atoms with Gasteiger partial charge < -0.3 is 5.32 Å². The van der Waals surface area contributed by atoms with Crippen LogP contribution >= 0.6 is 15.9 Å². The SMILES string of the molecule is CCNc1nc(-c2ncn[nH]2)nc(CC(C)C)c1Br. The summed E-state index contributed by atoms with van der Waals surface area (Å²) in [4.78, 5) is 13.1. The van der Waals surface area contributed by atoms with E-state index in [0.29, 0.717) is 17.6 Å². The smallest absolute Gasteiger partial charge is 0.199 e. The Kier molecular flexibility index (Phi) is 4.47. The van der Waals surface area contributed by atoms with Crippen molar-refractivity contribution in [2.45, 2.75) is 27.2 Å². The molecule has 0 spiro atoms. The summed E-state index contributed by atoms with van der Waals surface area (Å²) in [6.45, 7) is 7.16. The fourth-order valence-corrected chi connectivity index (χ4v) is 2.20. The first-order valence-corrected chi connectivity index (χ1v) is 7.07. The lowest BCUT2D eigenvalue weighted by Gasteiger charge is -2.12. The molecule has 2 N–H and O–H groups in total. The summed E-state index contributed by atoms with van der Waals surface area (Å²) in [6, 6.07) is 0. The first-order chi connectivity index (χ1) is 9.11. The molecule has 0 radical (unpaired) electrons. The molecule has 0 unspecified atom stereocenters. The molecule has 0 atom stereocenters. The van der Waals surface area contributed by atoms with Gasteiger partial charge in [0.15, 0.2) is 11.6 Å². The standard InChI is InChI=1S/C12H17BrN6/c1-4-14-10-9(13)8(5-7(2)3)17-12(18-10)11-15-6-16-19-11/h6-7H,4-5H2,1-3H3,(H,14,17,18)(H,15,16,19). The van der Waals surface area contributed by atoms with E-state index in [2.05, 4.69) is 60.2 Å². The number of rotatable bonds is 5. The average Bonchev–Trinajstić information content (AvgIpc) is 2.87. The highest BCUT2D eigenvalue weighted by Gasteiger charge is 2.15. The fraction of sp³-hybridized carbons (Fsp3) is 0.500. The monoisotopic (exact) mass is 324 g/mol. The summed E-state index contributed by atoms with van der Waals surface area (Å²) in [7, 11) is 0. The van der Waals surface area contributed by atoms with Gasteiger partial charge in [0.05, 0.1) is 10.2 Å². The highest BCUT2D eigenvalue weighted by atomic mass is 79.9. The topological polar surface area (TPSA) is 79.4 Å². The summed E-state index contributed by atoms with van der Waals surface area (Å²) in [5.41, 5.74) is 0.979. The second kappa shape index (κ2) is 6.10. The van der Waals surface area contributed by atoms with Crippen molar-refractivity contribution < 1.29 is 0 Å². The van der Waals surface area contributed by atoms with E-state index in [0.717, 1.165) is 29.0 Å². The number of nitrogens with one attached hydrogen (secondary N) is 2. The summed E-state index contributed by atoms with van der Waals surface area (Å²) < 4.78 is 0.923. The van der Waals surface area contributed by atoms with Gasteiger partial charge in [0.2, 0.25) is 0 Å². The quantitative estimate of drug-likeness (QED) is 0.883. The number of anilines is 1. The number of nitrogens with zero attached hydrogens (tertiary/aromatic N) is 4. The number of halogens is 1. The Balaban J connectivity index is 2.47. The van der Waals surface area contributed by atoms with Crippen molar-refractivity contribution in [1.82, 2.24) is 25.1 Å². The zero-order valence-electron chi connectivity index (χ0n) is 11.2. The third kappa shape index (κ3) is 3.28. The predicted molar refractivity (Wildman–Crippen MR) is 77.8 cm³/mol. The Bertz CT molecular complexity index is 537.